The van der Waals surface area contributed by atoms with Gasteiger partial charge in [0.2, 0.25) is 0 Å². The molecule has 1 aromatic heterocycles. The Kier molecular flexibility index (Phi) is 3.81. The Hall–Kier alpha value is -0.950. The molecule has 0 radical (unpaired) electrons. The fraction of sp³-hybridized carbons (Fsp3) is 0.375. The molecular formula is C8H12N2O3S2. The summed E-state index contributed by atoms with van der Waals surface area (Å²) in [7, 11) is -4.48. The van der Waals surface area contributed by atoms with Gasteiger partial charge in [-0.05, 0) is 6.07 Å². The van der Waals surface area contributed by atoms with Gasteiger partial charge < -0.3 is 5.73 Å². The fourth-order valence-electron chi connectivity index (χ4n) is 0.938. The predicted molar refractivity (Wildman–Crippen MR) is 59.6 cm³/mol. The van der Waals surface area contributed by atoms with Gasteiger partial charge in [-0.25, -0.2) is 8.42 Å². The lowest BCUT2D eigenvalue weighted by Gasteiger charge is -2.03. The van der Waals surface area contributed by atoms with Gasteiger partial charge in [0.05, 0.1) is 33.3 Å². The highest BCUT2D eigenvalue weighted by molar-refractivity contribution is 7.92. The van der Waals surface area contributed by atoms with E-state index in [-0.39, 0.29) is 11.5 Å². The van der Waals surface area contributed by atoms with Crippen molar-refractivity contribution < 1.29 is 12.6 Å². The minimum absolute atomic E-state index is 0.0625. The molecule has 84 valence electrons. The molecule has 0 aromatic carbocycles. The number of aromatic nitrogens is 1. The van der Waals surface area contributed by atoms with Gasteiger partial charge in [-0.1, -0.05) is 0 Å². The van der Waals surface area contributed by atoms with Gasteiger partial charge in [-0.15, -0.1) is 0 Å². The van der Waals surface area contributed by atoms with Crippen LogP contribution in [-0.4, -0.2) is 35.4 Å². The van der Waals surface area contributed by atoms with Crippen molar-refractivity contribution >= 4 is 26.3 Å². The second kappa shape index (κ2) is 4.71. The smallest absolute Gasteiger partial charge is 0.148 e. The summed E-state index contributed by atoms with van der Waals surface area (Å²) < 4.78 is 33.4. The molecule has 5 nitrogen and oxygen atoms in total. The van der Waals surface area contributed by atoms with E-state index in [0.717, 1.165) is 6.26 Å². The molecule has 0 bridgehead atoms. The second-order valence-electron chi connectivity index (χ2n) is 3.09. The SMILES string of the molecule is CS(=O)(=O)CCS(=O)c1ccncc1N. The number of nitrogens with two attached hydrogens (primary N) is 1. The van der Waals surface area contributed by atoms with Crippen LogP contribution < -0.4 is 5.73 Å². The lowest BCUT2D eigenvalue weighted by molar-refractivity contribution is 0.602. The van der Waals surface area contributed by atoms with E-state index in [9.17, 15) is 12.6 Å². The van der Waals surface area contributed by atoms with Gasteiger partial charge in [0.15, 0.2) is 0 Å². The summed E-state index contributed by atoms with van der Waals surface area (Å²) in [6.45, 7) is 0. The number of pyridine rings is 1. The van der Waals surface area contributed by atoms with Crippen LogP contribution in [0.3, 0.4) is 0 Å². The molecule has 1 heterocycles. The maximum absolute atomic E-state index is 11.7. The Morgan fingerprint density at radius 2 is 2.20 bits per heavy atom. The molecule has 0 aliphatic heterocycles. The summed E-state index contributed by atoms with van der Waals surface area (Å²) in [5.41, 5.74) is 5.88. The van der Waals surface area contributed by atoms with Crippen molar-refractivity contribution in [1.82, 2.24) is 4.98 Å². The van der Waals surface area contributed by atoms with Crippen molar-refractivity contribution in [3.8, 4) is 0 Å². The van der Waals surface area contributed by atoms with E-state index < -0.39 is 20.6 Å². The Labute approximate surface area is 91.1 Å². The van der Waals surface area contributed by atoms with Crippen molar-refractivity contribution in [2.75, 3.05) is 23.5 Å². The van der Waals surface area contributed by atoms with Crippen LogP contribution in [0.1, 0.15) is 0 Å². The van der Waals surface area contributed by atoms with Crippen LogP contribution in [0.15, 0.2) is 23.4 Å². The summed E-state index contributed by atoms with van der Waals surface area (Å²) in [4.78, 5) is 4.20. The maximum Gasteiger partial charge on any atom is 0.148 e. The van der Waals surface area contributed by atoms with Crippen LogP contribution >= 0.6 is 0 Å². The first-order chi connectivity index (χ1) is 6.90. The molecule has 7 heteroatoms. The normalized spacial score (nSPS) is 13.7. The van der Waals surface area contributed by atoms with Crippen LogP contribution in [0, 0.1) is 0 Å². The van der Waals surface area contributed by atoms with Crippen molar-refractivity contribution in [1.29, 1.82) is 0 Å². The molecule has 1 rings (SSSR count). The molecular weight excluding hydrogens is 236 g/mol. The Morgan fingerprint density at radius 1 is 1.53 bits per heavy atom. The molecule has 15 heavy (non-hydrogen) atoms. The molecule has 2 N–H and O–H groups in total. The molecule has 0 aliphatic rings. The highest BCUT2D eigenvalue weighted by Gasteiger charge is 2.11. The topological polar surface area (TPSA) is 90.1 Å². The van der Waals surface area contributed by atoms with E-state index in [2.05, 4.69) is 4.98 Å². The van der Waals surface area contributed by atoms with E-state index in [0.29, 0.717) is 10.6 Å². The first-order valence-corrected chi connectivity index (χ1v) is 7.53. The van der Waals surface area contributed by atoms with Crippen molar-refractivity contribution in [2.45, 2.75) is 4.90 Å². The molecule has 1 aromatic rings. The molecule has 0 fully saturated rings. The van der Waals surface area contributed by atoms with Gasteiger partial charge >= 0.3 is 0 Å². The molecule has 0 saturated carbocycles. The van der Waals surface area contributed by atoms with Crippen molar-refractivity contribution in [3.05, 3.63) is 18.5 Å². The first-order valence-electron chi connectivity index (χ1n) is 4.16. The lowest BCUT2D eigenvalue weighted by Crippen LogP contribution is -2.12. The van der Waals surface area contributed by atoms with E-state index in [4.69, 9.17) is 5.73 Å². The highest BCUT2D eigenvalue weighted by atomic mass is 32.2. The van der Waals surface area contributed by atoms with E-state index in [1.54, 1.807) is 0 Å². The predicted octanol–water partition coefficient (Wildman–Crippen LogP) is -0.184. The van der Waals surface area contributed by atoms with Gasteiger partial charge in [-0.2, -0.15) is 0 Å². The largest absolute Gasteiger partial charge is 0.396 e. The summed E-state index contributed by atoms with van der Waals surface area (Å²) in [6.07, 6.45) is 3.98. The maximum atomic E-state index is 11.7. The molecule has 1 unspecified atom stereocenters. The van der Waals surface area contributed by atoms with E-state index in [1.807, 2.05) is 0 Å². The van der Waals surface area contributed by atoms with Crippen LogP contribution in [0.2, 0.25) is 0 Å². The number of nitrogens with zero attached hydrogens (tertiary/aromatic N) is 1. The molecule has 0 aliphatic carbocycles. The Balaban J connectivity index is 2.75. The quantitative estimate of drug-likeness (QED) is 0.798. The number of anilines is 1. The van der Waals surface area contributed by atoms with Crippen LogP contribution in [0.5, 0.6) is 0 Å². The van der Waals surface area contributed by atoms with Gasteiger partial charge in [0.25, 0.3) is 0 Å². The summed E-state index contributed by atoms with van der Waals surface area (Å²) in [5.74, 6) is -0.0472. The van der Waals surface area contributed by atoms with Gasteiger partial charge in [0.1, 0.15) is 9.84 Å². The molecule has 0 saturated heterocycles. The number of nitrogen functional groups attached to an aromatic ring is 1. The number of rotatable bonds is 4. The van der Waals surface area contributed by atoms with Crippen LogP contribution in [-0.2, 0) is 20.6 Å². The third-order valence-electron chi connectivity index (χ3n) is 1.69. The monoisotopic (exact) mass is 248 g/mol. The average Bonchev–Trinajstić information content (AvgIpc) is 2.14. The fourth-order valence-corrected chi connectivity index (χ4v) is 3.50. The lowest BCUT2D eigenvalue weighted by atomic mass is 10.4. The Morgan fingerprint density at radius 3 is 2.73 bits per heavy atom. The zero-order valence-corrected chi connectivity index (χ0v) is 9.85. The Bertz CT molecular complexity index is 471. The second-order valence-corrected chi connectivity index (χ2v) is 6.89. The first kappa shape index (κ1) is 12.1. The number of hydrogen-bond acceptors (Lipinski definition) is 5. The standard InChI is InChI=1S/C8H12N2O3S2/c1-15(12,13)5-4-14(11)8-2-3-10-6-7(8)9/h2-3,6H,4-5,9H2,1H3. The average molecular weight is 248 g/mol. The summed E-state index contributed by atoms with van der Waals surface area (Å²) in [5, 5.41) is 0. The van der Waals surface area contributed by atoms with Crippen molar-refractivity contribution in [2.24, 2.45) is 0 Å². The minimum atomic E-state index is -3.09. The molecule has 1 atom stereocenters. The molecule has 0 amide bonds. The van der Waals surface area contributed by atoms with Crippen molar-refractivity contribution in [3.63, 3.8) is 0 Å². The summed E-state index contributed by atoms with van der Waals surface area (Å²) >= 11 is 0. The zero-order chi connectivity index (χ0) is 11.5. The van der Waals surface area contributed by atoms with Crippen LogP contribution in [0.25, 0.3) is 0 Å². The van der Waals surface area contributed by atoms with Gasteiger partial charge in [-0.3, -0.25) is 9.19 Å². The summed E-state index contributed by atoms with van der Waals surface area (Å²) in [6, 6.07) is 1.54. The van der Waals surface area contributed by atoms with E-state index >= 15 is 0 Å². The van der Waals surface area contributed by atoms with Crippen LogP contribution in [0.4, 0.5) is 5.69 Å². The zero-order valence-electron chi connectivity index (χ0n) is 8.21. The minimum Gasteiger partial charge on any atom is -0.396 e. The number of hydrogen-bond donors (Lipinski definition) is 1. The number of sulfone groups is 1. The van der Waals surface area contributed by atoms with Gasteiger partial charge in [0, 0.05) is 18.2 Å². The van der Waals surface area contributed by atoms with E-state index in [1.165, 1.54) is 18.5 Å². The third kappa shape index (κ3) is 3.96. The third-order valence-corrected chi connectivity index (χ3v) is 4.34. The highest BCUT2D eigenvalue weighted by Crippen LogP contribution is 2.14. The molecule has 0 spiro atoms.